The Balaban J connectivity index is 0.000000427. The van der Waals surface area contributed by atoms with E-state index in [9.17, 15) is 23.2 Å². The van der Waals surface area contributed by atoms with Gasteiger partial charge in [0.15, 0.2) is 6.29 Å². The van der Waals surface area contributed by atoms with E-state index in [1.807, 2.05) is 23.9 Å². The molecule has 0 radical (unpaired) electrons. The number of benzene rings is 1. The van der Waals surface area contributed by atoms with Gasteiger partial charge in [0.2, 0.25) is 0 Å². The molecular weight excluding hydrogens is 516 g/mol. The molecule has 10 heteroatoms. The minimum absolute atomic E-state index is 0.0634. The van der Waals surface area contributed by atoms with Gasteiger partial charge in [0.25, 0.3) is 0 Å². The Morgan fingerprint density at radius 1 is 0.975 bits per heavy atom. The fourth-order valence-electron chi connectivity index (χ4n) is 4.62. The van der Waals surface area contributed by atoms with Crippen molar-refractivity contribution in [3.8, 4) is 0 Å². The highest BCUT2D eigenvalue weighted by Gasteiger charge is 2.24. The molecule has 1 unspecified atom stereocenters. The van der Waals surface area contributed by atoms with Gasteiger partial charge in [-0.3, -0.25) is 4.79 Å². The van der Waals surface area contributed by atoms with Gasteiger partial charge in [-0.25, -0.2) is 13.8 Å². The first-order valence-electron chi connectivity index (χ1n) is 13.8. The molecule has 2 saturated heterocycles. The normalized spacial score (nSPS) is 16.6. The monoisotopic (exact) mass is 559 g/mol. The topological polar surface area (TPSA) is 85.9 Å². The lowest BCUT2D eigenvalue weighted by molar-refractivity contribution is -0.110. The average molecular weight is 560 g/mol. The third-order valence-electron chi connectivity index (χ3n) is 7.08. The highest BCUT2D eigenvalue weighted by Crippen LogP contribution is 2.30. The van der Waals surface area contributed by atoms with Crippen LogP contribution in [0, 0.1) is 17.6 Å². The second kappa shape index (κ2) is 17.5. The number of pyridine rings is 1. The maximum absolute atomic E-state index is 14.6. The largest absolute Gasteiger partial charge is 0.368 e. The first-order valence-corrected chi connectivity index (χ1v) is 13.8. The van der Waals surface area contributed by atoms with Crippen molar-refractivity contribution in [2.45, 2.75) is 38.5 Å². The van der Waals surface area contributed by atoms with Crippen LogP contribution >= 0.6 is 0 Å². The Kier molecular flexibility index (Phi) is 14.4. The van der Waals surface area contributed by atoms with Crippen LogP contribution in [0.3, 0.4) is 0 Å². The van der Waals surface area contributed by atoms with Crippen LogP contribution in [-0.2, 0) is 9.59 Å². The van der Waals surface area contributed by atoms with Gasteiger partial charge in [0.1, 0.15) is 30.0 Å². The summed E-state index contributed by atoms with van der Waals surface area (Å²) in [6.07, 6.45) is 6.28. The second-order valence-electron chi connectivity index (χ2n) is 10.3. The van der Waals surface area contributed by atoms with Crippen LogP contribution in [0.25, 0.3) is 0 Å². The van der Waals surface area contributed by atoms with Gasteiger partial charge in [-0.05, 0) is 83.7 Å². The van der Waals surface area contributed by atoms with Gasteiger partial charge in [-0.1, -0.05) is 6.92 Å². The highest BCUT2D eigenvalue weighted by atomic mass is 19.1. The van der Waals surface area contributed by atoms with E-state index in [0.29, 0.717) is 50.0 Å². The van der Waals surface area contributed by atoms with Crippen molar-refractivity contribution in [2.24, 2.45) is 5.92 Å². The van der Waals surface area contributed by atoms with Crippen molar-refractivity contribution in [1.82, 2.24) is 15.2 Å². The highest BCUT2D eigenvalue weighted by molar-refractivity contribution is 5.74. The summed E-state index contributed by atoms with van der Waals surface area (Å²) < 4.78 is 29.2. The Morgan fingerprint density at radius 2 is 1.55 bits per heavy atom. The van der Waals surface area contributed by atoms with Crippen molar-refractivity contribution in [3.05, 3.63) is 53.2 Å². The Morgan fingerprint density at radius 3 is 2.00 bits per heavy atom. The van der Waals surface area contributed by atoms with Gasteiger partial charge < -0.3 is 29.6 Å². The van der Waals surface area contributed by atoms with Crippen LogP contribution in [0.1, 0.15) is 54.4 Å². The van der Waals surface area contributed by atoms with Crippen LogP contribution in [0.2, 0.25) is 0 Å². The molecule has 40 heavy (non-hydrogen) atoms. The number of halogens is 2. The van der Waals surface area contributed by atoms with Gasteiger partial charge >= 0.3 is 0 Å². The predicted molar refractivity (Wildman–Crippen MR) is 155 cm³/mol. The summed E-state index contributed by atoms with van der Waals surface area (Å²) in [5.74, 6) is -0.822. The summed E-state index contributed by atoms with van der Waals surface area (Å²) in [6, 6.07) is 5.94. The van der Waals surface area contributed by atoms with Crippen LogP contribution in [-0.4, -0.2) is 89.2 Å². The lowest BCUT2D eigenvalue weighted by atomic mass is 9.94. The molecule has 1 aromatic heterocycles. The molecule has 2 aromatic rings. The first kappa shape index (κ1) is 33.0. The van der Waals surface area contributed by atoms with Gasteiger partial charge in [0, 0.05) is 61.5 Å². The van der Waals surface area contributed by atoms with E-state index >= 15 is 0 Å². The number of aldehydes is 3. The Labute approximate surface area is 236 Å². The standard InChI is InChI=1S/C21H21F2N3O3.C7H15N.C2H7N/c22-18-10-17(11-19(23)21(18)16(14-29)2-1-9-27)25-5-7-26(8-6-25)20-4-3-15(13-28)12-24-20;1-7-3-5-8(2)6-4-7;1-3-2/h3-4,9-14,16H,1-2,5-8H2;7H,3-6H2,1-2H3;3H,1-2H3. The molecule has 3 heterocycles. The average Bonchev–Trinajstić information content (AvgIpc) is 2.97. The fraction of sp³-hybridized carbons (Fsp3) is 0.533. The summed E-state index contributed by atoms with van der Waals surface area (Å²) >= 11 is 0. The molecule has 0 amide bonds. The molecule has 220 valence electrons. The van der Waals surface area contributed by atoms with E-state index in [4.69, 9.17) is 0 Å². The minimum Gasteiger partial charge on any atom is -0.368 e. The SMILES string of the molecule is CC1CCN(C)CC1.CNC.O=CCCC(C=O)c1c(F)cc(N2CCN(c3ccc(C=O)cn3)CC2)cc1F. The maximum atomic E-state index is 14.6. The number of nitrogens with one attached hydrogen (secondary N) is 1. The molecule has 0 aliphatic carbocycles. The molecule has 2 aliphatic heterocycles. The van der Waals surface area contributed by atoms with Crippen LogP contribution in [0.15, 0.2) is 30.5 Å². The van der Waals surface area contributed by atoms with Crippen molar-refractivity contribution in [2.75, 3.05) is 70.2 Å². The number of hydrogen-bond donors (Lipinski definition) is 1. The first-order chi connectivity index (χ1) is 19.3. The number of carbonyl (C=O) groups is 3. The fourth-order valence-corrected chi connectivity index (χ4v) is 4.62. The van der Waals surface area contributed by atoms with Crippen molar-refractivity contribution in [3.63, 3.8) is 0 Å². The van der Waals surface area contributed by atoms with E-state index in [2.05, 4.69) is 29.2 Å². The Hall–Kier alpha value is -3.24. The van der Waals surface area contributed by atoms with Crippen LogP contribution < -0.4 is 15.1 Å². The zero-order valence-corrected chi connectivity index (χ0v) is 24.1. The van der Waals surface area contributed by atoms with Crippen LogP contribution in [0.4, 0.5) is 20.3 Å². The van der Waals surface area contributed by atoms with E-state index < -0.39 is 17.6 Å². The van der Waals surface area contributed by atoms with Crippen molar-refractivity contribution >= 4 is 30.4 Å². The van der Waals surface area contributed by atoms with E-state index in [-0.39, 0.29) is 18.4 Å². The number of likely N-dealkylation sites (tertiary alicyclic amines) is 1. The third-order valence-corrected chi connectivity index (χ3v) is 7.08. The van der Waals surface area contributed by atoms with Gasteiger partial charge in [-0.2, -0.15) is 0 Å². The number of nitrogens with zero attached hydrogens (tertiary/aromatic N) is 4. The molecule has 8 nitrogen and oxygen atoms in total. The van der Waals surface area contributed by atoms with E-state index in [1.165, 1.54) is 44.3 Å². The second-order valence-corrected chi connectivity index (χ2v) is 10.3. The number of aromatic nitrogens is 1. The zero-order valence-electron chi connectivity index (χ0n) is 24.1. The molecular formula is C30H43F2N5O3. The van der Waals surface area contributed by atoms with Crippen LogP contribution in [0.5, 0.6) is 0 Å². The molecule has 2 fully saturated rings. The van der Waals surface area contributed by atoms with E-state index in [0.717, 1.165) is 18.0 Å². The van der Waals surface area contributed by atoms with Crippen molar-refractivity contribution < 1.29 is 23.2 Å². The molecule has 0 bridgehead atoms. The number of carbonyl (C=O) groups excluding carboxylic acids is 3. The minimum atomic E-state index is -0.980. The molecule has 0 spiro atoms. The molecule has 1 aromatic carbocycles. The zero-order chi connectivity index (χ0) is 29.5. The summed E-state index contributed by atoms with van der Waals surface area (Å²) in [4.78, 5) is 43.0. The predicted octanol–water partition coefficient (Wildman–Crippen LogP) is 3.94. The lowest BCUT2D eigenvalue weighted by Gasteiger charge is -2.37. The summed E-state index contributed by atoms with van der Waals surface area (Å²) in [5, 5.41) is 2.75. The number of hydrogen-bond acceptors (Lipinski definition) is 8. The molecule has 1 atom stereocenters. The lowest BCUT2D eigenvalue weighted by Crippen LogP contribution is -2.47. The summed E-state index contributed by atoms with van der Waals surface area (Å²) in [5.41, 5.74) is 0.622. The quantitative estimate of drug-likeness (QED) is 0.487. The summed E-state index contributed by atoms with van der Waals surface area (Å²) in [6.45, 7) is 7.24. The number of anilines is 2. The van der Waals surface area contributed by atoms with E-state index in [1.54, 1.807) is 12.1 Å². The van der Waals surface area contributed by atoms with Crippen molar-refractivity contribution in [1.29, 1.82) is 0 Å². The summed E-state index contributed by atoms with van der Waals surface area (Å²) in [7, 11) is 5.95. The van der Waals surface area contributed by atoms with Gasteiger partial charge in [-0.15, -0.1) is 0 Å². The maximum Gasteiger partial charge on any atom is 0.151 e. The number of piperazine rings is 1. The molecule has 4 rings (SSSR count). The molecule has 0 saturated carbocycles. The Bertz CT molecular complexity index is 1020. The molecule has 1 N–H and O–H groups in total. The smallest absolute Gasteiger partial charge is 0.151 e. The number of piperidine rings is 1. The molecule has 2 aliphatic rings. The third kappa shape index (κ3) is 10.1. The number of rotatable bonds is 8. The van der Waals surface area contributed by atoms with Gasteiger partial charge in [0.05, 0.1) is 0 Å².